The summed E-state index contributed by atoms with van der Waals surface area (Å²) in [5.74, 6) is 0.543. The van der Waals surface area contributed by atoms with E-state index in [4.69, 9.17) is 9.47 Å². The van der Waals surface area contributed by atoms with Crippen LogP contribution in [-0.4, -0.2) is 32.3 Å². The number of ether oxygens (including phenoxy) is 2. The van der Waals surface area contributed by atoms with Gasteiger partial charge in [0.1, 0.15) is 15.9 Å². The normalized spacial score (nSPS) is 15.6. The summed E-state index contributed by atoms with van der Waals surface area (Å²) in [6.07, 6.45) is 5.84. The van der Waals surface area contributed by atoms with E-state index in [9.17, 15) is 14.4 Å². The molecule has 2 aromatic heterocycles. The monoisotopic (exact) mass is 463 g/mol. The quantitative estimate of drug-likeness (QED) is 0.579. The first kappa shape index (κ1) is 24.2. The number of imide groups is 1. The Morgan fingerprint density at radius 2 is 1.62 bits per heavy atom. The van der Waals surface area contributed by atoms with Gasteiger partial charge in [0.25, 0.3) is 5.56 Å². The second kappa shape index (κ2) is 9.21. The van der Waals surface area contributed by atoms with E-state index in [2.05, 4.69) is 4.37 Å². The van der Waals surface area contributed by atoms with E-state index in [1.807, 2.05) is 0 Å². The fraction of sp³-hybridized carbons (Fsp3) is 0.652. The summed E-state index contributed by atoms with van der Waals surface area (Å²) < 4.78 is 17.3. The predicted octanol–water partition coefficient (Wildman–Crippen LogP) is 5.71. The highest BCUT2D eigenvalue weighted by molar-refractivity contribution is 7.13. The average molecular weight is 464 g/mol. The highest BCUT2D eigenvalue weighted by Crippen LogP contribution is 2.31. The Balaban J connectivity index is 1.98. The molecule has 0 radical (unpaired) electrons. The van der Waals surface area contributed by atoms with Crippen molar-refractivity contribution in [3.63, 3.8) is 0 Å². The molecular formula is C23H33N3O5S. The second-order valence-electron chi connectivity index (χ2n) is 10.3. The minimum atomic E-state index is -0.898. The molecule has 32 heavy (non-hydrogen) atoms. The first-order valence-corrected chi connectivity index (χ1v) is 11.9. The van der Waals surface area contributed by atoms with Crippen molar-refractivity contribution in [2.45, 2.75) is 91.4 Å². The van der Waals surface area contributed by atoms with Crippen molar-refractivity contribution >= 4 is 39.6 Å². The van der Waals surface area contributed by atoms with Gasteiger partial charge < -0.3 is 14.0 Å². The lowest BCUT2D eigenvalue weighted by atomic mass is 9.89. The number of nitrogens with zero attached hydrogens (tertiary/aromatic N) is 3. The molecular weight excluding hydrogens is 430 g/mol. The highest BCUT2D eigenvalue weighted by atomic mass is 32.1. The van der Waals surface area contributed by atoms with Crippen LogP contribution >= 0.6 is 11.5 Å². The van der Waals surface area contributed by atoms with Gasteiger partial charge in [-0.05, 0) is 77.9 Å². The smallest absolute Gasteiger partial charge is 0.425 e. The van der Waals surface area contributed by atoms with Crippen molar-refractivity contribution in [2.75, 3.05) is 4.90 Å². The molecule has 0 aliphatic heterocycles. The van der Waals surface area contributed by atoms with Gasteiger partial charge in [-0.15, -0.1) is 0 Å². The molecule has 2 amide bonds. The third kappa shape index (κ3) is 5.88. The van der Waals surface area contributed by atoms with Gasteiger partial charge in [0, 0.05) is 18.1 Å². The standard InChI is InChI=1S/C23H33N3O5S/c1-22(2,3)30-20(28)26(21(29)31-23(4,5)6)18-16-12-13-25(19(27)17(16)32-24-18)14-15-10-8-7-9-11-15/h12-13,15H,7-11,14H2,1-6H3. The number of rotatable bonds is 3. The van der Waals surface area contributed by atoms with Crippen molar-refractivity contribution in [2.24, 2.45) is 5.92 Å². The second-order valence-corrected chi connectivity index (χ2v) is 11.1. The van der Waals surface area contributed by atoms with Crippen LogP contribution in [0.1, 0.15) is 73.6 Å². The van der Waals surface area contributed by atoms with Crippen LogP contribution in [-0.2, 0) is 16.0 Å². The van der Waals surface area contributed by atoms with Crippen LogP contribution in [0, 0.1) is 5.92 Å². The Hall–Kier alpha value is -2.42. The lowest BCUT2D eigenvalue weighted by molar-refractivity contribution is 0.0430. The SMILES string of the molecule is CC(C)(C)OC(=O)N(C(=O)OC(C)(C)C)c1nsc2c(=O)n(CC3CCCCC3)ccc12. The first-order valence-electron chi connectivity index (χ1n) is 11.1. The van der Waals surface area contributed by atoms with E-state index in [1.165, 1.54) is 19.3 Å². The van der Waals surface area contributed by atoms with Gasteiger partial charge in [-0.25, -0.2) is 9.59 Å². The molecule has 0 saturated heterocycles. The van der Waals surface area contributed by atoms with Crippen LogP contribution in [0.3, 0.4) is 0 Å². The van der Waals surface area contributed by atoms with E-state index in [0.29, 0.717) is 22.5 Å². The van der Waals surface area contributed by atoms with Crippen molar-refractivity contribution in [1.29, 1.82) is 0 Å². The molecule has 9 heteroatoms. The van der Waals surface area contributed by atoms with Crippen LogP contribution < -0.4 is 10.5 Å². The van der Waals surface area contributed by atoms with Gasteiger partial charge in [-0.1, -0.05) is 19.3 Å². The Morgan fingerprint density at radius 1 is 1.06 bits per heavy atom. The number of carbonyl (C=O) groups is 2. The van der Waals surface area contributed by atoms with Gasteiger partial charge in [-0.3, -0.25) is 4.79 Å². The maximum atomic E-state index is 13.1. The number of pyridine rings is 1. The van der Waals surface area contributed by atoms with Crippen molar-refractivity contribution < 1.29 is 19.1 Å². The zero-order valence-corrected chi connectivity index (χ0v) is 20.6. The van der Waals surface area contributed by atoms with Crippen LogP contribution in [0.25, 0.3) is 10.1 Å². The van der Waals surface area contributed by atoms with Crippen molar-refractivity contribution in [3.8, 4) is 0 Å². The summed E-state index contributed by atoms with van der Waals surface area (Å²) in [6.45, 7) is 10.9. The van der Waals surface area contributed by atoms with Gasteiger partial charge in [-0.2, -0.15) is 9.27 Å². The molecule has 3 rings (SSSR count). The third-order valence-electron chi connectivity index (χ3n) is 5.13. The molecule has 0 bridgehead atoms. The van der Waals surface area contributed by atoms with E-state index in [-0.39, 0.29) is 11.4 Å². The van der Waals surface area contributed by atoms with E-state index in [0.717, 1.165) is 29.3 Å². The predicted molar refractivity (Wildman–Crippen MR) is 125 cm³/mol. The van der Waals surface area contributed by atoms with Gasteiger partial charge in [0.15, 0.2) is 5.82 Å². The Bertz CT molecular complexity index is 1010. The number of aromatic nitrogens is 2. The summed E-state index contributed by atoms with van der Waals surface area (Å²) >= 11 is 0.975. The largest absolute Gasteiger partial charge is 0.443 e. The number of carbonyl (C=O) groups excluding carboxylic acids is 2. The molecule has 1 fully saturated rings. The van der Waals surface area contributed by atoms with Crippen LogP contribution in [0.5, 0.6) is 0 Å². The zero-order valence-electron chi connectivity index (χ0n) is 19.8. The number of hydrogen-bond acceptors (Lipinski definition) is 7. The molecule has 1 saturated carbocycles. The van der Waals surface area contributed by atoms with E-state index in [1.54, 1.807) is 58.4 Å². The Morgan fingerprint density at radius 3 is 2.16 bits per heavy atom. The van der Waals surface area contributed by atoms with Gasteiger partial charge in [0.2, 0.25) is 0 Å². The van der Waals surface area contributed by atoms with Gasteiger partial charge >= 0.3 is 12.2 Å². The minimum Gasteiger partial charge on any atom is -0.443 e. The van der Waals surface area contributed by atoms with Crippen LogP contribution in [0.15, 0.2) is 17.1 Å². The third-order valence-corrected chi connectivity index (χ3v) is 5.97. The van der Waals surface area contributed by atoms with Crippen LogP contribution in [0.4, 0.5) is 15.4 Å². The molecule has 2 heterocycles. The zero-order chi connectivity index (χ0) is 23.7. The summed E-state index contributed by atoms with van der Waals surface area (Å²) in [5, 5.41) is 0.427. The summed E-state index contributed by atoms with van der Waals surface area (Å²) in [4.78, 5) is 39.7. The maximum Gasteiger partial charge on any atom is 0.425 e. The molecule has 0 spiro atoms. The number of fused-ring (bicyclic) bond motifs is 1. The minimum absolute atomic E-state index is 0.0513. The molecule has 1 aliphatic carbocycles. The lowest BCUT2D eigenvalue weighted by Gasteiger charge is -2.27. The van der Waals surface area contributed by atoms with E-state index >= 15 is 0 Å². The summed E-state index contributed by atoms with van der Waals surface area (Å²) in [7, 11) is 0. The molecule has 2 aromatic rings. The summed E-state index contributed by atoms with van der Waals surface area (Å²) in [6, 6.07) is 1.74. The fourth-order valence-electron chi connectivity index (χ4n) is 3.77. The van der Waals surface area contributed by atoms with E-state index < -0.39 is 23.4 Å². The Kier molecular flexibility index (Phi) is 6.97. The molecule has 0 aromatic carbocycles. The molecule has 1 aliphatic rings. The van der Waals surface area contributed by atoms with Crippen molar-refractivity contribution in [1.82, 2.24) is 8.94 Å². The fourth-order valence-corrected chi connectivity index (χ4v) is 4.58. The number of hydrogen-bond donors (Lipinski definition) is 0. The number of anilines is 1. The molecule has 8 nitrogen and oxygen atoms in total. The average Bonchev–Trinajstić information content (AvgIpc) is 3.06. The molecule has 0 atom stereocenters. The topological polar surface area (TPSA) is 90.7 Å². The summed E-state index contributed by atoms with van der Waals surface area (Å²) in [5.41, 5.74) is -1.81. The molecule has 176 valence electrons. The Labute approximate surface area is 192 Å². The van der Waals surface area contributed by atoms with Gasteiger partial charge in [0.05, 0.1) is 0 Å². The maximum absolute atomic E-state index is 13.1. The first-order chi connectivity index (χ1) is 14.9. The molecule has 0 unspecified atom stereocenters. The molecule has 0 N–H and O–H groups in total. The lowest BCUT2D eigenvalue weighted by Crippen LogP contribution is -2.44. The highest BCUT2D eigenvalue weighted by Gasteiger charge is 2.35. The van der Waals surface area contributed by atoms with Crippen molar-refractivity contribution in [3.05, 3.63) is 22.6 Å². The van der Waals surface area contributed by atoms with Crippen LogP contribution in [0.2, 0.25) is 0 Å². The number of amides is 2.